The fourth-order valence-corrected chi connectivity index (χ4v) is 1.78. The van der Waals surface area contributed by atoms with Gasteiger partial charge in [-0.25, -0.2) is 4.39 Å². The zero-order valence-corrected chi connectivity index (χ0v) is 12.7. The number of anilines is 2. The highest BCUT2D eigenvalue weighted by Gasteiger charge is 2.07. The molecule has 0 fully saturated rings. The van der Waals surface area contributed by atoms with Crippen LogP contribution in [-0.4, -0.2) is 19.0 Å². The summed E-state index contributed by atoms with van der Waals surface area (Å²) < 4.78 is 13.5. The molecule has 0 aromatic heterocycles. The monoisotopic (exact) mass is 331 g/mol. The normalized spacial score (nSPS) is 10.6. The second-order valence-electron chi connectivity index (χ2n) is 4.73. The van der Waals surface area contributed by atoms with Gasteiger partial charge in [-0.15, -0.1) is 0 Å². The Morgan fingerprint density at radius 3 is 2.79 bits per heavy atom. The lowest BCUT2D eigenvalue weighted by Crippen LogP contribution is -2.28. The van der Waals surface area contributed by atoms with Crippen molar-refractivity contribution in [3.8, 4) is 0 Å². The van der Waals surface area contributed by atoms with Gasteiger partial charge in [0.2, 0.25) is 5.91 Å². The van der Waals surface area contributed by atoms with Crippen LogP contribution >= 0.6 is 15.9 Å². The molecule has 1 aromatic rings. The summed E-state index contributed by atoms with van der Waals surface area (Å²) in [6, 6.07) is 2.81. The zero-order chi connectivity index (χ0) is 14.4. The highest BCUT2D eigenvalue weighted by atomic mass is 79.9. The fourth-order valence-electron chi connectivity index (χ4n) is 1.43. The highest BCUT2D eigenvalue weighted by molar-refractivity contribution is 9.10. The topological polar surface area (TPSA) is 67.2 Å². The van der Waals surface area contributed by atoms with Gasteiger partial charge in [0.25, 0.3) is 0 Å². The van der Waals surface area contributed by atoms with Gasteiger partial charge >= 0.3 is 0 Å². The molecular weight excluding hydrogens is 313 g/mol. The molecule has 0 spiro atoms. The van der Waals surface area contributed by atoms with Crippen molar-refractivity contribution in [1.29, 1.82) is 0 Å². The molecule has 0 aliphatic heterocycles. The highest BCUT2D eigenvalue weighted by Crippen LogP contribution is 2.26. The Morgan fingerprint density at radius 1 is 1.47 bits per heavy atom. The van der Waals surface area contributed by atoms with Gasteiger partial charge in [-0.3, -0.25) is 4.79 Å². The number of nitrogens with one attached hydrogen (secondary N) is 2. The van der Waals surface area contributed by atoms with Crippen molar-refractivity contribution >= 4 is 33.2 Å². The molecule has 0 heterocycles. The van der Waals surface area contributed by atoms with Gasteiger partial charge in [0.05, 0.1) is 15.8 Å². The van der Waals surface area contributed by atoms with Crippen LogP contribution in [0.25, 0.3) is 0 Å². The number of hydrogen-bond donors (Lipinski definition) is 3. The Kier molecular flexibility index (Phi) is 6.08. The van der Waals surface area contributed by atoms with E-state index in [1.54, 1.807) is 6.07 Å². The maximum atomic E-state index is 13.2. The van der Waals surface area contributed by atoms with Gasteiger partial charge in [-0.2, -0.15) is 0 Å². The molecule has 1 rings (SSSR count). The molecule has 0 saturated heterocycles. The van der Waals surface area contributed by atoms with Crippen LogP contribution in [0.3, 0.4) is 0 Å². The number of rotatable bonds is 6. The maximum absolute atomic E-state index is 13.2. The van der Waals surface area contributed by atoms with Crippen LogP contribution in [-0.2, 0) is 4.79 Å². The maximum Gasteiger partial charge on any atom is 0.221 e. The lowest BCUT2D eigenvalue weighted by atomic mass is 10.2. The number of nitrogens with two attached hydrogens (primary N) is 1. The summed E-state index contributed by atoms with van der Waals surface area (Å²) in [4.78, 5) is 11.5. The number of carbonyl (C=O) groups excluding carboxylic acids is 1. The van der Waals surface area contributed by atoms with E-state index in [-0.39, 0.29) is 5.91 Å². The minimum Gasteiger partial charge on any atom is -0.397 e. The van der Waals surface area contributed by atoms with Crippen LogP contribution in [0, 0.1) is 11.7 Å². The molecule has 0 saturated carbocycles. The van der Waals surface area contributed by atoms with Gasteiger partial charge in [0.15, 0.2) is 0 Å². The summed E-state index contributed by atoms with van der Waals surface area (Å²) in [6.07, 6.45) is 0.348. The van der Waals surface area contributed by atoms with Crippen LogP contribution in [0.2, 0.25) is 0 Å². The molecular formula is C13H19BrFN3O. The van der Waals surface area contributed by atoms with Crippen molar-refractivity contribution in [3.63, 3.8) is 0 Å². The van der Waals surface area contributed by atoms with Crippen molar-refractivity contribution < 1.29 is 9.18 Å². The van der Waals surface area contributed by atoms with Crippen LogP contribution in [0.5, 0.6) is 0 Å². The number of benzene rings is 1. The van der Waals surface area contributed by atoms with E-state index in [0.717, 1.165) is 0 Å². The van der Waals surface area contributed by atoms with Gasteiger partial charge in [0, 0.05) is 25.6 Å². The number of halogens is 2. The van der Waals surface area contributed by atoms with Crippen LogP contribution in [0.15, 0.2) is 16.6 Å². The van der Waals surface area contributed by atoms with E-state index in [1.165, 1.54) is 6.07 Å². The quantitative estimate of drug-likeness (QED) is 0.702. The molecule has 0 unspecified atom stereocenters. The Morgan fingerprint density at radius 2 is 2.16 bits per heavy atom. The molecule has 6 heteroatoms. The van der Waals surface area contributed by atoms with E-state index in [9.17, 15) is 9.18 Å². The minimum atomic E-state index is -0.405. The van der Waals surface area contributed by atoms with Crippen molar-refractivity contribution in [1.82, 2.24) is 5.32 Å². The van der Waals surface area contributed by atoms with Crippen LogP contribution < -0.4 is 16.4 Å². The summed E-state index contributed by atoms with van der Waals surface area (Å²) in [5.41, 5.74) is 6.62. The molecule has 1 aromatic carbocycles. The first-order valence-corrected chi connectivity index (χ1v) is 6.94. The van der Waals surface area contributed by atoms with Crippen LogP contribution in [0.4, 0.5) is 15.8 Å². The molecule has 106 valence electrons. The minimum absolute atomic E-state index is 0.0130. The van der Waals surface area contributed by atoms with E-state index >= 15 is 0 Å². The fraction of sp³-hybridized carbons (Fsp3) is 0.462. The second-order valence-corrected chi connectivity index (χ2v) is 5.58. The molecule has 0 aliphatic carbocycles. The number of carbonyl (C=O) groups is 1. The lowest BCUT2D eigenvalue weighted by Gasteiger charge is -2.11. The van der Waals surface area contributed by atoms with Gasteiger partial charge in [-0.05, 0) is 27.9 Å². The van der Waals surface area contributed by atoms with Crippen LogP contribution in [0.1, 0.15) is 20.3 Å². The smallest absolute Gasteiger partial charge is 0.221 e. The summed E-state index contributed by atoms with van der Waals surface area (Å²) >= 11 is 3.09. The van der Waals surface area contributed by atoms with Gasteiger partial charge in [-0.1, -0.05) is 13.8 Å². The Hall–Kier alpha value is -1.30. The van der Waals surface area contributed by atoms with E-state index in [1.807, 2.05) is 13.8 Å². The first kappa shape index (κ1) is 15.8. The number of hydrogen-bond acceptors (Lipinski definition) is 3. The summed E-state index contributed by atoms with van der Waals surface area (Å²) in [7, 11) is 0. The third kappa shape index (κ3) is 5.46. The molecule has 0 radical (unpaired) electrons. The zero-order valence-electron chi connectivity index (χ0n) is 11.1. The third-order valence-electron chi connectivity index (χ3n) is 2.47. The first-order valence-electron chi connectivity index (χ1n) is 6.15. The number of amides is 1. The average molecular weight is 332 g/mol. The molecule has 4 N–H and O–H groups in total. The van der Waals surface area contributed by atoms with E-state index in [0.29, 0.717) is 41.3 Å². The third-order valence-corrected chi connectivity index (χ3v) is 3.08. The Bertz CT molecular complexity index is 452. The Balaban J connectivity index is 2.41. The van der Waals surface area contributed by atoms with E-state index in [2.05, 4.69) is 26.6 Å². The standard InChI is InChI=1S/C13H19BrFN3O/c1-8(2)7-18-13(19)3-4-17-12-5-9(14)10(15)6-11(12)16/h5-6,8,17H,3-4,7,16H2,1-2H3,(H,18,19). The van der Waals surface area contributed by atoms with Crippen molar-refractivity contribution in [2.24, 2.45) is 5.92 Å². The summed E-state index contributed by atoms with van der Waals surface area (Å²) in [5.74, 6) is 0.0132. The van der Waals surface area contributed by atoms with Gasteiger partial charge in [0.1, 0.15) is 5.82 Å². The Labute approximate surface area is 121 Å². The molecule has 0 atom stereocenters. The average Bonchev–Trinajstić information content (AvgIpc) is 2.33. The van der Waals surface area contributed by atoms with Crippen molar-refractivity contribution in [3.05, 3.63) is 22.4 Å². The summed E-state index contributed by atoms with van der Waals surface area (Å²) in [6.45, 7) is 5.19. The largest absolute Gasteiger partial charge is 0.397 e. The molecule has 0 aliphatic rings. The predicted molar refractivity (Wildman–Crippen MR) is 79.5 cm³/mol. The van der Waals surface area contributed by atoms with E-state index < -0.39 is 5.82 Å². The second kappa shape index (κ2) is 7.33. The van der Waals surface area contributed by atoms with E-state index in [4.69, 9.17) is 5.73 Å². The number of nitrogen functional groups attached to an aromatic ring is 1. The SMILES string of the molecule is CC(C)CNC(=O)CCNc1cc(Br)c(F)cc1N. The lowest BCUT2D eigenvalue weighted by molar-refractivity contribution is -0.120. The first-order chi connectivity index (χ1) is 8.90. The van der Waals surface area contributed by atoms with Gasteiger partial charge < -0.3 is 16.4 Å². The summed E-state index contributed by atoms with van der Waals surface area (Å²) in [5, 5.41) is 5.84. The van der Waals surface area contributed by atoms with Crippen molar-refractivity contribution in [2.75, 3.05) is 24.1 Å². The molecule has 0 bridgehead atoms. The molecule has 19 heavy (non-hydrogen) atoms. The molecule has 1 amide bonds. The predicted octanol–water partition coefficient (Wildman–Crippen LogP) is 2.74. The molecule has 4 nitrogen and oxygen atoms in total. The van der Waals surface area contributed by atoms with Crippen molar-refractivity contribution in [2.45, 2.75) is 20.3 Å².